The zero-order chi connectivity index (χ0) is 20.3. The fraction of sp³-hybridized carbons (Fsp3) is 0.895. The molecular formula is C19H33F2N5O2. The molecule has 0 aromatic carbocycles. The third-order valence-corrected chi connectivity index (χ3v) is 6.39. The molecule has 3 saturated heterocycles. The number of urea groups is 1. The van der Waals surface area contributed by atoms with Crippen LogP contribution >= 0.6 is 0 Å². The van der Waals surface area contributed by atoms with Gasteiger partial charge in [0.15, 0.2) is 0 Å². The first-order valence-corrected chi connectivity index (χ1v) is 10.4. The molecule has 1 unspecified atom stereocenters. The van der Waals surface area contributed by atoms with Crippen molar-refractivity contribution in [3.05, 3.63) is 0 Å². The lowest BCUT2D eigenvalue weighted by Crippen LogP contribution is -2.50. The highest BCUT2D eigenvalue weighted by Gasteiger charge is 2.47. The van der Waals surface area contributed by atoms with E-state index < -0.39 is 12.0 Å². The minimum atomic E-state index is -2.69. The predicted octanol–water partition coefficient (Wildman–Crippen LogP) is 1.71. The van der Waals surface area contributed by atoms with E-state index >= 15 is 0 Å². The number of amidine groups is 1. The Morgan fingerprint density at radius 2 is 1.82 bits per heavy atom. The Labute approximate surface area is 165 Å². The number of nitrogens with one attached hydrogen (secondary N) is 2. The molecule has 2 amide bonds. The van der Waals surface area contributed by atoms with Crippen LogP contribution in [0.2, 0.25) is 0 Å². The molecule has 3 N–H and O–H groups in total. The summed E-state index contributed by atoms with van der Waals surface area (Å²) in [6, 6.07) is -0.0930. The first kappa shape index (κ1) is 21.4. The number of likely N-dealkylation sites (tertiary alicyclic amines) is 3. The number of amides is 2. The zero-order valence-electron chi connectivity index (χ0n) is 16.7. The third-order valence-electron chi connectivity index (χ3n) is 6.39. The Kier molecular flexibility index (Phi) is 6.88. The zero-order valence-corrected chi connectivity index (χ0v) is 16.7. The van der Waals surface area contributed by atoms with Gasteiger partial charge in [-0.15, -0.1) is 0 Å². The van der Waals surface area contributed by atoms with Crippen LogP contribution in [0.15, 0.2) is 0 Å². The molecule has 3 aliphatic rings. The Balaban J connectivity index is 1.48. The number of rotatable bonds is 3. The quantitative estimate of drug-likeness (QED) is 0.497. The number of alkyl halides is 2. The van der Waals surface area contributed by atoms with Crippen LogP contribution in [0, 0.1) is 5.41 Å². The standard InChI is InChI=1S/C19H33F2N5O2/c1-14(22)23-18(28)25-7-2-3-15(4-10-25)24-8-5-16(6-9-24)26-13-19(20,21)11-17(26)12-27/h15-17,27H,2-13H2,1H3,(H2,22,23,28)/t15?,17-/m1/s1. The lowest BCUT2D eigenvalue weighted by atomic mass is 9.98. The van der Waals surface area contributed by atoms with E-state index in [1.807, 2.05) is 4.90 Å². The molecule has 160 valence electrons. The fourth-order valence-electron chi connectivity index (χ4n) is 4.99. The highest BCUT2D eigenvalue weighted by Crippen LogP contribution is 2.36. The largest absolute Gasteiger partial charge is 0.395 e. The van der Waals surface area contributed by atoms with Crippen molar-refractivity contribution in [1.29, 1.82) is 5.41 Å². The summed E-state index contributed by atoms with van der Waals surface area (Å²) in [5.74, 6) is -2.54. The molecule has 9 heteroatoms. The van der Waals surface area contributed by atoms with Crippen molar-refractivity contribution in [2.45, 2.75) is 69.5 Å². The van der Waals surface area contributed by atoms with Crippen molar-refractivity contribution < 1.29 is 18.7 Å². The molecule has 0 bridgehead atoms. The van der Waals surface area contributed by atoms with Gasteiger partial charge in [-0.25, -0.2) is 13.6 Å². The van der Waals surface area contributed by atoms with Gasteiger partial charge in [-0.05, 0) is 52.1 Å². The highest BCUT2D eigenvalue weighted by atomic mass is 19.3. The smallest absolute Gasteiger partial charge is 0.322 e. The number of carbonyl (C=O) groups excluding carboxylic acids is 1. The van der Waals surface area contributed by atoms with Gasteiger partial charge < -0.3 is 14.9 Å². The number of aliphatic hydroxyl groups excluding tert-OH is 1. The van der Waals surface area contributed by atoms with E-state index in [0.29, 0.717) is 19.1 Å². The molecule has 28 heavy (non-hydrogen) atoms. The van der Waals surface area contributed by atoms with E-state index in [4.69, 9.17) is 5.41 Å². The van der Waals surface area contributed by atoms with Crippen LogP contribution in [0.3, 0.4) is 0 Å². The number of hydrogen-bond acceptors (Lipinski definition) is 5. The van der Waals surface area contributed by atoms with Crippen LogP contribution in [0.5, 0.6) is 0 Å². The maximum absolute atomic E-state index is 13.8. The molecule has 3 rings (SSSR count). The van der Waals surface area contributed by atoms with Crippen molar-refractivity contribution in [1.82, 2.24) is 20.0 Å². The lowest BCUT2D eigenvalue weighted by Gasteiger charge is -2.41. The van der Waals surface area contributed by atoms with E-state index in [0.717, 1.165) is 45.2 Å². The summed E-state index contributed by atoms with van der Waals surface area (Å²) in [6.45, 7) is 4.25. The molecule has 3 fully saturated rings. The molecule has 0 spiro atoms. The topological polar surface area (TPSA) is 82.9 Å². The minimum absolute atomic E-state index is 0.116. The van der Waals surface area contributed by atoms with Crippen LogP contribution in [0.4, 0.5) is 13.6 Å². The monoisotopic (exact) mass is 401 g/mol. The Morgan fingerprint density at radius 1 is 1.14 bits per heavy atom. The summed E-state index contributed by atoms with van der Waals surface area (Å²) < 4.78 is 27.5. The number of nitrogens with zero attached hydrogens (tertiary/aromatic N) is 3. The van der Waals surface area contributed by atoms with Crippen molar-refractivity contribution in [2.24, 2.45) is 0 Å². The summed E-state index contributed by atoms with van der Waals surface area (Å²) in [5.41, 5.74) is 0. The summed E-state index contributed by atoms with van der Waals surface area (Å²) >= 11 is 0. The van der Waals surface area contributed by atoms with Crippen LogP contribution in [0.1, 0.15) is 45.4 Å². The van der Waals surface area contributed by atoms with Crippen molar-refractivity contribution in [3.63, 3.8) is 0 Å². The predicted molar refractivity (Wildman–Crippen MR) is 103 cm³/mol. The minimum Gasteiger partial charge on any atom is -0.395 e. The van der Waals surface area contributed by atoms with Gasteiger partial charge >= 0.3 is 6.03 Å². The van der Waals surface area contributed by atoms with Gasteiger partial charge in [-0.3, -0.25) is 15.6 Å². The average molecular weight is 402 g/mol. The van der Waals surface area contributed by atoms with Gasteiger partial charge in [0, 0.05) is 37.6 Å². The SMILES string of the molecule is CC(=N)NC(=O)N1CCCC(N2CCC(N3CC(F)(F)C[C@@H]3CO)CC2)CC1. The molecule has 0 aromatic heterocycles. The highest BCUT2D eigenvalue weighted by molar-refractivity contribution is 5.94. The molecule has 0 radical (unpaired) electrons. The molecule has 2 atom stereocenters. The summed E-state index contributed by atoms with van der Waals surface area (Å²) in [4.78, 5) is 18.2. The molecule has 0 aromatic rings. The van der Waals surface area contributed by atoms with Crippen LogP contribution < -0.4 is 5.32 Å². The first-order chi connectivity index (χ1) is 13.3. The second-order valence-corrected chi connectivity index (χ2v) is 8.46. The third kappa shape index (κ3) is 5.18. The lowest BCUT2D eigenvalue weighted by molar-refractivity contribution is 0.000843. The number of piperidine rings is 1. The van der Waals surface area contributed by atoms with Crippen LogP contribution in [-0.2, 0) is 0 Å². The number of aliphatic hydroxyl groups is 1. The average Bonchev–Trinajstić information content (AvgIpc) is 2.82. The Hall–Kier alpha value is -1.32. The van der Waals surface area contributed by atoms with Crippen molar-refractivity contribution >= 4 is 11.9 Å². The number of carbonyl (C=O) groups is 1. The molecular weight excluding hydrogens is 368 g/mol. The van der Waals surface area contributed by atoms with Gasteiger partial charge in [0.1, 0.15) is 0 Å². The fourth-order valence-corrected chi connectivity index (χ4v) is 4.99. The molecule has 3 aliphatic heterocycles. The number of hydrogen-bond donors (Lipinski definition) is 3. The maximum atomic E-state index is 13.8. The molecule has 3 heterocycles. The van der Waals surface area contributed by atoms with Gasteiger partial charge in [0.2, 0.25) is 0 Å². The second kappa shape index (κ2) is 9.00. The molecule has 0 saturated carbocycles. The maximum Gasteiger partial charge on any atom is 0.322 e. The van der Waals surface area contributed by atoms with Crippen molar-refractivity contribution in [2.75, 3.05) is 39.3 Å². The van der Waals surface area contributed by atoms with E-state index in [9.17, 15) is 18.7 Å². The second-order valence-electron chi connectivity index (χ2n) is 8.46. The van der Waals surface area contributed by atoms with E-state index in [2.05, 4.69) is 10.2 Å². The van der Waals surface area contributed by atoms with E-state index in [1.165, 1.54) is 0 Å². The summed E-state index contributed by atoms with van der Waals surface area (Å²) in [7, 11) is 0. The first-order valence-electron chi connectivity index (χ1n) is 10.4. The van der Waals surface area contributed by atoms with Gasteiger partial charge in [-0.2, -0.15) is 0 Å². The van der Waals surface area contributed by atoms with E-state index in [-0.39, 0.29) is 37.5 Å². The summed E-state index contributed by atoms with van der Waals surface area (Å²) in [6.07, 6.45) is 4.31. The Morgan fingerprint density at radius 3 is 2.46 bits per heavy atom. The Bertz CT molecular complexity index is 569. The van der Waals surface area contributed by atoms with E-state index in [1.54, 1.807) is 11.8 Å². The summed E-state index contributed by atoms with van der Waals surface area (Å²) in [5, 5.41) is 19.4. The van der Waals surface area contributed by atoms with Crippen LogP contribution in [-0.4, -0.2) is 95.1 Å². The number of halogens is 2. The van der Waals surface area contributed by atoms with Gasteiger partial charge in [-0.1, -0.05) is 0 Å². The molecule has 0 aliphatic carbocycles. The van der Waals surface area contributed by atoms with Gasteiger partial charge in [0.05, 0.1) is 19.0 Å². The van der Waals surface area contributed by atoms with Crippen LogP contribution in [0.25, 0.3) is 0 Å². The van der Waals surface area contributed by atoms with Crippen molar-refractivity contribution in [3.8, 4) is 0 Å². The normalized spacial score (nSPS) is 30.2. The van der Waals surface area contributed by atoms with Gasteiger partial charge in [0.25, 0.3) is 5.92 Å². The molecule has 7 nitrogen and oxygen atoms in total.